The molecule has 0 amide bonds. The van der Waals surface area contributed by atoms with Gasteiger partial charge in [0.1, 0.15) is 13.2 Å². The minimum Gasteiger partial charge on any atom is -0.462 e. The van der Waals surface area contributed by atoms with Crippen LogP contribution in [0.4, 0.5) is 0 Å². The van der Waals surface area contributed by atoms with E-state index in [2.05, 4.69) is 93.7 Å². The summed E-state index contributed by atoms with van der Waals surface area (Å²) in [5.41, 5.74) is 0. The van der Waals surface area contributed by atoms with E-state index >= 15 is 0 Å². The predicted molar refractivity (Wildman–Crippen MR) is 265 cm³/mol. The van der Waals surface area contributed by atoms with Crippen LogP contribution in [0.1, 0.15) is 245 Å². The molecule has 0 heterocycles. The first-order chi connectivity index (χ1) is 30.5. The molecular formula is C56H96O6. The summed E-state index contributed by atoms with van der Waals surface area (Å²) in [6.45, 7) is 6.52. The Labute approximate surface area is 382 Å². The van der Waals surface area contributed by atoms with Crippen molar-refractivity contribution >= 4 is 17.9 Å². The number of rotatable bonds is 46. The molecule has 6 heteroatoms. The Morgan fingerprint density at radius 2 is 0.613 bits per heavy atom. The van der Waals surface area contributed by atoms with Gasteiger partial charge in [0.05, 0.1) is 0 Å². The molecule has 0 aromatic carbocycles. The number of unbranched alkanes of at least 4 members (excludes halogenated alkanes) is 26. The number of esters is 3. The molecule has 0 aliphatic carbocycles. The lowest BCUT2D eigenvalue weighted by molar-refractivity contribution is -0.167. The topological polar surface area (TPSA) is 78.9 Å². The van der Waals surface area contributed by atoms with Gasteiger partial charge in [-0.25, -0.2) is 0 Å². The van der Waals surface area contributed by atoms with Gasteiger partial charge >= 0.3 is 17.9 Å². The molecule has 0 aromatic heterocycles. The molecular weight excluding hydrogens is 769 g/mol. The van der Waals surface area contributed by atoms with Crippen LogP contribution in [0.2, 0.25) is 0 Å². The minimum absolute atomic E-state index is 0.0918. The molecule has 0 spiro atoms. The zero-order chi connectivity index (χ0) is 45.1. The van der Waals surface area contributed by atoms with Crippen LogP contribution in [0.5, 0.6) is 0 Å². The molecule has 0 saturated heterocycles. The van der Waals surface area contributed by atoms with Crippen LogP contribution in [0.3, 0.4) is 0 Å². The highest BCUT2D eigenvalue weighted by Crippen LogP contribution is 2.14. The van der Waals surface area contributed by atoms with Gasteiger partial charge in [0.15, 0.2) is 6.10 Å². The third kappa shape index (κ3) is 47.9. The van der Waals surface area contributed by atoms with E-state index in [1.54, 1.807) is 0 Å². The molecule has 0 aromatic rings. The van der Waals surface area contributed by atoms with Crippen molar-refractivity contribution in [2.75, 3.05) is 13.2 Å². The van der Waals surface area contributed by atoms with Gasteiger partial charge in [-0.2, -0.15) is 0 Å². The second-order valence-corrected chi connectivity index (χ2v) is 17.2. The summed E-state index contributed by atoms with van der Waals surface area (Å²) >= 11 is 0. The van der Waals surface area contributed by atoms with Crippen molar-refractivity contribution in [3.05, 3.63) is 72.9 Å². The highest BCUT2D eigenvalue weighted by molar-refractivity contribution is 5.71. The maximum atomic E-state index is 12.8. The number of hydrogen-bond donors (Lipinski definition) is 0. The van der Waals surface area contributed by atoms with Gasteiger partial charge in [-0.1, -0.05) is 209 Å². The molecule has 1 atom stereocenters. The Morgan fingerprint density at radius 3 is 1.03 bits per heavy atom. The van der Waals surface area contributed by atoms with Crippen LogP contribution >= 0.6 is 0 Å². The lowest BCUT2D eigenvalue weighted by Gasteiger charge is -2.18. The molecule has 0 saturated carbocycles. The molecule has 0 radical (unpaired) electrons. The summed E-state index contributed by atoms with van der Waals surface area (Å²) in [5, 5.41) is 0. The fourth-order valence-corrected chi connectivity index (χ4v) is 7.00. The summed E-state index contributed by atoms with van der Waals surface area (Å²) in [7, 11) is 0. The van der Waals surface area contributed by atoms with Crippen molar-refractivity contribution in [3.63, 3.8) is 0 Å². The fraction of sp³-hybridized carbons (Fsp3) is 0.732. The second kappa shape index (κ2) is 50.5. The number of ether oxygens (including phenoxy) is 3. The van der Waals surface area contributed by atoms with Crippen LogP contribution < -0.4 is 0 Å². The quantitative estimate of drug-likeness (QED) is 0.0199. The summed E-state index contributed by atoms with van der Waals surface area (Å²) in [5.74, 6) is -0.932. The zero-order valence-corrected chi connectivity index (χ0v) is 40.6. The summed E-state index contributed by atoms with van der Waals surface area (Å²) in [6.07, 6.45) is 63.1. The molecule has 0 rings (SSSR count). The Kier molecular flexibility index (Phi) is 47.9. The molecule has 1 unspecified atom stereocenters. The van der Waals surface area contributed by atoms with Gasteiger partial charge < -0.3 is 14.2 Å². The molecule has 62 heavy (non-hydrogen) atoms. The SMILES string of the molecule is CCCC/C=C\CCCCCCCC(=O)OCC(COC(=O)CCCCCCC\C=C/C=C\C=C/CCCCCCC)OC(=O)CCCCCCCC/C=C\C=C/CCCCC. The van der Waals surface area contributed by atoms with E-state index in [0.29, 0.717) is 19.3 Å². The van der Waals surface area contributed by atoms with E-state index in [-0.39, 0.29) is 31.1 Å². The Morgan fingerprint density at radius 1 is 0.323 bits per heavy atom. The number of carbonyl (C=O) groups excluding carboxylic acids is 3. The van der Waals surface area contributed by atoms with Gasteiger partial charge in [0.25, 0.3) is 0 Å². The number of carbonyl (C=O) groups is 3. The van der Waals surface area contributed by atoms with Crippen molar-refractivity contribution in [3.8, 4) is 0 Å². The Hall–Kier alpha value is -3.15. The Balaban J connectivity index is 4.43. The largest absolute Gasteiger partial charge is 0.462 e. The summed E-state index contributed by atoms with van der Waals surface area (Å²) < 4.78 is 16.8. The van der Waals surface area contributed by atoms with Crippen molar-refractivity contribution in [1.29, 1.82) is 0 Å². The lowest BCUT2D eigenvalue weighted by atomic mass is 10.1. The molecule has 0 bridgehead atoms. The molecule has 0 fully saturated rings. The average molecular weight is 865 g/mol. The third-order valence-corrected chi connectivity index (χ3v) is 11.0. The lowest BCUT2D eigenvalue weighted by Crippen LogP contribution is -2.30. The smallest absolute Gasteiger partial charge is 0.306 e. The zero-order valence-electron chi connectivity index (χ0n) is 40.6. The van der Waals surface area contributed by atoms with E-state index in [4.69, 9.17) is 14.2 Å². The van der Waals surface area contributed by atoms with Gasteiger partial charge in [0.2, 0.25) is 0 Å². The average Bonchev–Trinajstić information content (AvgIpc) is 3.27. The van der Waals surface area contributed by atoms with E-state index in [1.165, 1.54) is 109 Å². The van der Waals surface area contributed by atoms with Crippen molar-refractivity contribution < 1.29 is 28.6 Å². The maximum absolute atomic E-state index is 12.8. The highest BCUT2D eigenvalue weighted by Gasteiger charge is 2.19. The molecule has 0 aliphatic heterocycles. The number of hydrogen-bond acceptors (Lipinski definition) is 6. The normalized spacial score (nSPS) is 12.6. The van der Waals surface area contributed by atoms with Gasteiger partial charge in [-0.3, -0.25) is 14.4 Å². The standard InChI is InChI=1S/C56H96O6/c1-4-7-10-13-16-19-22-24-26-27-28-30-31-34-37-40-43-46-49-55(58)61-52-53(51-60-54(57)48-45-42-39-36-33-21-18-15-12-9-6-3)62-56(59)50-47-44-41-38-35-32-29-25-23-20-17-14-11-8-5-2/h15,17-18,20,22-28,30,53H,4-14,16,19,21,29,31-52H2,1-3H3/b18-15-,20-17-,24-22-,25-23-,27-26-,30-28-. The number of allylic oxidation sites excluding steroid dienone is 12. The van der Waals surface area contributed by atoms with E-state index in [0.717, 1.165) is 96.3 Å². The fourth-order valence-electron chi connectivity index (χ4n) is 7.00. The summed E-state index contributed by atoms with van der Waals surface area (Å²) in [6, 6.07) is 0. The third-order valence-electron chi connectivity index (χ3n) is 11.0. The van der Waals surface area contributed by atoms with Crippen LogP contribution in [0.15, 0.2) is 72.9 Å². The van der Waals surface area contributed by atoms with Gasteiger partial charge in [-0.15, -0.1) is 0 Å². The first-order valence-electron chi connectivity index (χ1n) is 26.0. The van der Waals surface area contributed by atoms with E-state index in [1.807, 2.05) is 0 Å². The summed E-state index contributed by atoms with van der Waals surface area (Å²) in [4.78, 5) is 37.9. The van der Waals surface area contributed by atoms with E-state index in [9.17, 15) is 14.4 Å². The first-order valence-corrected chi connectivity index (χ1v) is 26.0. The van der Waals surface area contributed by atoms with Crippen LogP contribution in [0, 0.1) is 0 Å². The highest BCUT2D eigenvalue weighted by atomic mass is 16.6. The van der Waals surface area contributed by atoms with Gasteiger partial charge in [-0.05, 0) is 89.9 Å². The van der Waals surface area contributed by atoms with Crippen LogP contribution in [0.25, 0.3) is 0 Å². The van der Waals surface area contributed by atoms with Crippen molar-refractivity contribution in [2.45, 2.75) is 252 Å². The molecule has 356 valence electrons. The van der Waals surface area contributed by atoms with Crippen molar-refractivity contribution in [2.24, 2.45) is 0 Å². The van der Waals surface area contributed by atoms with Crippen molar-refractivity contribution in [1.82, 2.24) is 0 Å². The Bertz CT molecular complexity index is 1180. The monoisotopic (exact) mass is 865 g/mol. The maximum Gasteiger partial charge on any atom is 0.306 e. The van der Waals surface area contributed by atoms with E-state index < -0.39 is 6.10 Å². The van der Waals surface area contributed by atoms with Crippen LogP contribution in [-0.2, 0) is 28.6 Å². The predicted octanol–water partition coefficient (Wildman–Crippen LogP) is 17.0. The minimum atomic E-state index is -0.792. The van der Waals surface area contributed by atoms with Crippen LogP contribution in [-0.4, -0.2) is 37.2 Å². The molecule has 6 nitrogen and oxygen atoms in total. The molecule has 0 aliphatic rings. The van der Waals surface area contributed by atoms with Gasteiger partial charge in [0, 0.05) is 19.3 Å². The second-order valence-electron chi connectivity index (χ2n) is 17.2. The molecule has 0 N–H and O–H groups in total. The first kappa shape index (κ1) is 58.9.